The highest BCUT2D eigenvalue weighted by Gasteiger charge is 2.21. The van der Waals surface area contributed by atoms with Gasteiger partial charge >= 0.3 is 0 Å². The van der Waals surface area contributed by atoms with Crippen molar-refractivity contribution in [3.05, 3.63) is 36.0 Å². The van der Waals surface area contributed by atoms with Crippen LogP contribution in [0.15, 0.2) is 30.5 Å². The topological polar surface area (TPSA) is 63.7 Å². The number of nitrogens with zero attached hydrogens (tertiary/aromatic N) is 2. The lowest BCUT2D eigenvalue weighted by molar-refractivity contribution is -0.121. The predicted octanol–water partition coefficient (Wildman–Crippen LogP) is 4.35. The number of ether oxygens (including phenoxy) is 2. The van der Waals surface area contributed by atoms with Crippen molar-refractivity contribution in [1.82, 2.24) is 15.2 Å². The molecule has 0 atom stereocenters. The SMILES string of the molecule is CCCCc1cc(OC2CCN(CCCNC(=O)CCCOC)CC2)c2ncccc2c1. The fourth-order valence-corrected chi connectivity index (χ4v) is 4.26. The minimum atomic E-state index is 0.121. The number of likely N-dealkylation sites (tertiary alicyclic amines) is 1. The zero-order valence-corrected chi connectivity index (χ0v) is 19.8. The largest absolute Gasteiger partial charge is 0.488 e. The molecule has 1 aliphatic heterocycles. The van der Waals surface area contributed by atoms with E-state index in [1.54, 1.807) is 7.11 Å². The van der Waals surface area contributed by atoms with E-state index in [2.05, 4.69) is 40.3 Å². The van der Waals surface area contributed by atoms with Crippen LogP contribution in [0, 0.1) is 0 Å². The van der Waals surface area contributed by atoms with Crippen molar-refractivity contribution >= 4 is 16.8 Å². The monoisotopic (exact) mass is 441 g/mol. The molecule has 1 aromatic carbocycles. The molecule has 2 heterocycles. The minimum Gasteiger partial charge on any atom is -0.488 e. The molecule has 1 saturated heterocycles. The lowest BCUT2D eigenvalue weighted by Gasteiger charge is -2.32. The van der Waals surface area contributed by atoms with Gasteiger partial charge in [0.15, 0.2) is 0 Å². The Morgan fingerprint density at radius 1 is 1.22 bits per heavy atom. The molecule has 0 aliphatic carbocycles. The molecule has 1 aromatic heterocycles. The molecule has 0 saturated carbocycles. The Balaban J connectivity index is 1.43. The van der Waals surface area contributed by atoms with Crippen LogP contribution in [0.4, 0.5) is 0 Å². The summed E-state index contributed by atoms with van der Waals surface area (Å²) in [6.07, 6.45) is 9.90. The summed E-state index contributed by atoms with van der Waals surface area (Å²) in [7, 11) is 1.66. The van der Waals surface area contributed by atoms with Crippen molar-refractivity contribution in [1.29, 1.82) is 0 Å². The summed E-state index contributed by atoms with van der Waals surface area (Å²) in [5.41, 5.74) is 2.31. The standard InChI is InChI=1S/C26H39N3O3/c1-3-4-8-21-19-22-9-5-13-28-26(22)24(20-21)32-23-11-16-29(17-12-23)15-7-14-27-25(30)10-6-18-31-2/h5,9,13,19-20,23H,3-4,6-8,10-12,14-18H2,1-2H3,(H,27,30). The van der Waals surface area contributed by atoms with Crippen LogP contribution in [0.1, 0.15) is 57.4 Å². The first-order chi connectivity index (χ1) is 15.7. The highest BCUT2D eigenvalue weighted by Crippen LogP contribution is 2.29. The van der Waals surface area contributed by atoms with Crippen molar-refractivity contribution in [3.63, 3.8) is 0 Å². The van der Waals surface area contributed by atoms with Gasteiger partial charge in [-0.25, -0.2) is 0 Å². The van der Waals surface area contributed by atoms with Gasteiger partial charge in [-0.3, -0.25) is 9.78 Å². The maximum absolute atomic E-state index is 11.8. The molecule has 1 aliphatic rings. The summed E-state index contributed by atoms with van der Waals surface area (Å²) in [5.74, 6) is 1.06. The zero-order chi connectivity index (χ0) is 22.6. The third-order valence-corrected chi connectivity index (χ3v) is 6.10. The van der Waals surface area contributed by atoms with Crippen LogP contribution in [0.25, 0.3) is 10.9 Å². The number of rotatable bonds is 13. The number of amides is 1. The minimum absolute atomic E-state index is 0.121. The van der Waals surface area contributed by atoms with Crippen molar-refractivity contribution in [3.8, 4) is 5.75 Å². The number of fused-ring (bicyclic) bond motifs is 1. The van der Waals surface area contributed by atoms with E-state index < -0.39 is 0 Å². The molecule has 0 unspecified atom stereocenters. The van der Waals surface area contributed by atoms with Crippen LogP contribution in [-0.4, -0.2) is 61.8 Å². The molecule has 0 radical (unpaired) electrons. The summed E-state index contributed by atoms with van der Waals surface area (Å²) in [4.78, 5) is 18.8. The van der Waals surface area contributed by atoms with Crippen molar-refractivity contribution in [2.45, 2.75) is 64.4 Å². The van der Waals surface area contributed by atoms with Crippen LogP contribution < -0.4 is 10.1 Å². The van der Waals surface area contributed by atoms with Crippen molar-refractivity contribution < 1.29 is 14.3 Å². The Hall–Kier alpha value is -2.18. The van der Waals surface area contributed by atoms with Gasteiger partial charge < -0.3 is 19.7 Å². The van der Waals surface area contributed by atoms with Gasteiger partial charge in [-0.2, -0.15) is 0 Å². The van der Waals surface area contributed by atoms with E-state index in [0.29, 0.717) is 13.0 Å². The summed E-state index contributed by atoms with van der Waals surface area (Å²) in [6.45, 7) is 6.69. The van der Waals surface area contributed by atoms with Gasteiger partial charge in [0.2, 0.25) is 5.91 Å². The first-order valence-electron chi connectivity index (χ1n) is 12.2. The Kier molecular flexibility index (Phi) is 10.2. The molecule has 0 bridgehead atoms. The van der Waals surface area contributed by atoms with Crippen molar-refractivity contribution in [2.75, 3.05) is 39.9 Å². The van der Waals surface area contributed by atoms with Gasteiger partial charge in [-0.15, -0.1) is 0 Å². The highest BCUT2D eigenvalue weighted by molar-refractivity contribution is 5.85. The molecule has 1 fully saturated rings. The molecular weight excluding hydrogens is 402 g/mol. The molecule has 3 rings (SSSR count). The van der Waals surface area contributed by atoms with Crippen LogP contribution in [-0.2, 0) is 16.0 Å². The maximum Gasteiger partial charge on any atom is 0.220 e. The number of pyridine rings is 1. The number of hydrogen-bond donors (Lipinski definition) is 1. The summed E-state index contributed by atoms with van der Waals surface area (Å²) >= 11 is 0. The number of aryl methyl sites for hydroxylation is 1. The number of hydrogen-bond acceptors (Lipinski definition) is 5. The third-order valence-electron chi connectivity index (χ3n) is 6.10. The summed E-state index contributed by atoms with van der Waals surface area (Å²) in [5, 5.41) is 4.17. The van der Waals surface area contributed by atoms with E-state index in [-0.39, 0.29) is 12.0 Å². The predicted molar refractivity (Wildman–Crippen MR) is 129 cm³/mol. The van der Waals surface area contributed by atoms with E-state index in [0.717, 1.165) is 74.9 Å². The number of unbranched alkanes of at least 4 members (excludes halogenated alkanes) is 1. The number of aromatic nitrogens is 1. The first-order valence-corrected chi connectivity index (χ1v) is 12.2. The molecular formula is C26H39N3O3. The molecule has 6 nitrogen and oxygen atoms in total. The van der Waals surface area contributed by atoms with Crippen LogP contribution in [0.5, 0.6) is 5.75 Å². The second-order valence-electron chi connectivity index (χ2n) is 8.73. The average Bonchev–Trinajstić information content (AvgIpc) is 2.82. The van der Waals surface area contributed by atoms with Gasteiger partial charge in [0.25, 0.3) is 0 Å². The Bertz CT molecular complexity index is 834. The highest BCUT2D eigenvalue weighted by atomic mass is 16.5. The molecule has 6 heteroatoms. The van der Waals surface area contributed by atoms with Crippen LogP contribution >= 0.6 is 0 Å². The molecule has 176 valence electrons. The molecule has 32 heavy (non-hydrogen) atoms. The van der Waals surface area contributed by atoms with E-state index >= 15 is 0 Å². The number of methoxy groups -OCH3 is 1. The molecule has 1 N–H and O–H groups in total. The van der Waals surface area contributed by atoms with E-state index in [9.17, 15) is 4.79 Å². The Morgan fingerprint density at radius 3 is 2.84 bits per heavy atom. The fraction of sp³-hybridized carbons (Fsp3) is 0.615. The second kappa shape index (κ2) is 13.4. The lowest BCUT2D eigenvalue weighted by Crippen LogP contribution is -2.39. The average molecular weight is 442 g/mol. The van der Waals surface area contributed by atoms with Crippen LogP contribution in [0.2, 0.25) is 0 Å². The Morgan fingerprint density at radius 2 is 2.06 bits per heavy atom. The molecule has 1 amide bonds. The smallest absolute Gasteiger partial charge is 0.220 e. The van der Waals surface area contributed by atoms with Gasteiger partial charge in [0.05, 0.1) is 0 Å². The van der Waals surface area contributed by atoms with Crippen molar-refractivity contribution in [2.24, 2.45) is 0 Å². The van der Waals surface area contributed by atoms with E-state index in [1.165, 1.54) is 18.4 Å². The second-order valence-corrected chi connectivity index (χ2v) is 8.73. The van der Waals surface area contributed by atoms with Crippen LogP contribution in [0.3, 0.4) is 0 Å². The fourth-order valence-electron chi connectivity index (χ4n) is 4.26. The zero-order valence-electron chi connectivity index (χ0n) is 19.8. The summed E-state index contributed by atoms with van der Waals surface area (Å²) in [6, 6.07) is 8.58. The van der Waals surface area contributed by atoms with E-state index in [4.69, 9.17) is 9.47 Å². The van der Waals surface area contributed by atoms with Gasteiger partial charge in [-0.1, -0.05) is 19.4 Å². The number of piperidine rings is 1. The Labute approximate surface area is 192 Å². The first kappa shape index (κ1) is 24.5. The lowest BCUT2D eigenvalue weighted by atomic mass is 10.0. The van der Waals surface area contributed by atoms with Gasteiger partial charge in [-0.05, 0) is 68.8 Å². The number of carbonyl (C=O) groups excluding carboxylic acids is 1. The third kappa shape index (κ3) is 7.75. The number of benzene rings is 1. The molecule has 2 aromatic rings. The van der Waals surface area contributed by atoms with E-state index in [1.807, 2.05) is 12.3 Å². The van der Waals surface area contributed by atoms with Gasteiger partial charge in [0.1, 0.15) is 17.4 Å². The quantitative estimate of drug-likeness (QED) is 0.468. The maximum atomic E-state index is 11.8. The summed E-state index contributed by atoms with van der Waals surface area (Å²) < 4.78 is 11.5. The number of carbonyl (C=O) groups is 1. The number of nitrogens with one attached hydrogen (secondary N) is 1. The van der Waals surface area contributed by atoms with Gasteiger partial charge in [0, 0.05) is 51.4 Å². The molecule has 0 spiro atoms. The normalized spacial score (nSPS) is 15.2.